The number of hydrogen-bond donors (Lipinski definition) is 3. The van der Waals surface area contributed by atoms with Gasteiger partial charge >= 0.3 is 0 Å². The van der Waals surface area contributed by atoms with Gasteiger partial charge in [-0.1, -0.05) is 31.2 Å². The second-order valence-electron chi connectivity index (χ2n) is 8.42. The van der Waals surface area contributed by atoms with Crippen molar-refractivity contribution in [2.75, 3.05) is 6.61 Å². The highest BCUT2D eigenvalue weighted by Gasteiger charge is 2.22. The van der Waals surface area contributed by atoms with E-state index in [9.17, 15) is 9.59 Å². The number of para-hydroxylation sites is 1. The number of amides is 2. The number of hydrogen-bond acceptors (Lipinski definition) is 5. The maximum Gasteiger partial charge on any atom is 0.243 e. The number of rotatable bonds is 11. The van der Waals surface area contributed by atoms with Gasteiger partial charge in [0.1, 0.15) is 17.5 Å². The fourth-order valence-electron chi connectivity index (χ4n) is 3.87. The van der Waals surface area contributed by atoms with E-state index in [2.05, 4.69) is 27.5 Å². The summed E-state index contributed by atoms with van der Waals surface area (Å²) in [5.74, 6) is 1.22. The van der Waals surface area contributed by atoms with Crippen LogP contribution in [0, 0.1) is 0 Å². The van der Waals surface area contributed by atoms with E-state index in [1.165, 1.54) is 6.92 Å². The van der Waals surface area contributed by atoms with Crippen molar-refractivity contribution < 1.29 is 19.1 Å². The number of aromatic amines is 1. The minimum absolute atomic E-state index is 0.198. The first-order valence-corrected chi connectivity index (χ1v) is 12.0. The van der Waals surface area contributed by atoms with E-state index in [1.807, 2.05) is 60.8 Å². The van der Waals surface area contributed by atoms with E-state index < -0.39 is 6.04 Å². The van der Waals surface area contributed by atoms with Crippen LogP contribution in [0.2, 0.25) is 0 Å². The SMILES string of the molecule is CCCOc1ccc(Oc2ncccc2CNC(=O)C(Cc2c[nH]c3ccccc23)NC(C)=O)cc1. The third-order valence-electron chi connectivity index (χ3n) is 5.61. The van der Waals surface area contributed by atoms with E-state index in [0.29, 0.717) is 30.2 Å². The Kier molecular flexibility index (Phi) is 8.18. The fourth-order valence-corrected chi connectivity index (χ4v) is 3.87. The molecular formula is C28H30N4O4. The van der Waals surface area contributed by atoms with Crippen LogP contribution >= 0.6 is 0 Å². The minimum Gasteiger partial charge on any atom is -0.494 e. The second-order valence-corrected chi connectivity index (χ2v) is 8.42. The highest BCUT2D eigenvalue weighted by molar-refractivity contribution is 5.89. The molecule has 186 valence electrons. The Bertz CT molecular complexity index is 1320. The first-order chi connectivity index (χ1) is 17.5. The molecule has 8 heteroatoms. The van der Waals surface area contributed by atoms with E-state index in [-0.39, 0.29) is 18.4 Å². The molecule has 4 rings (SSSR count). The smallest absolute Gasteiger partial charge is 0.243 e. The number of H-pyrrole nitrogens is 1. The number of fused-ring (bicyclic) bond motifs is 1. The number of nitrogens with one attached hydrogen (secondary N) is 3. The molecule has 2 amide bonds. The lowest BCUT2D eigenvalue weighted by Gasteiger charge is -2.18. The number of carbonyl (C=O) groups excluding carboxylic acids is 2. The largest absolute Gasteiger partial charge is 0.494 e. The van der Waals surface area contributed by atoms with Crippen molar-refractivity contribution in [2.45, 2.75) is 39.3 Å². The number of pyridine rings is 1. The quantitative estimate of drug-likeness (QED) is 0.289. The van der Waals surface area contributed by atoms with Gasteiger partial charge in [-0.15, -0.1) is 0 Å². The molecule has 2 aromatic heterocycles. The van der Waals surface area contributed by atoms with Crippen molar-refractivity contribution in [3.8, 4) is 17.4 Å². The number of nitrogens with zero attached hydrogens (tertiary/aromatic N) is 1. The average Bonchev–Trinajstić information content (AvgIpc) is 3.30. The van der Waals surface area contributed by atoms with Gasteiger partial charge in [-0.3, -0.25) is 9.59 Å². The Balaban J connectivity index is 1.42. The number of aromatic nitrogens is 2. The maximum atomic E-state index is 13.1. The van der Waals surface area contributed by atoms with Crippen molar-refractivity contribution in [3.05, 3.63) is 84.2 Å². The van der Waals surface area contributed by atoms with Crippen molar-refractivity contribution in [1.29, 1.82) is 0 Å². The first-order valence-electron chi connectivity index (χ1n) is 12.0. The average molecular weight is 487 g/mol. The molecule has 36 heavy (non-hydrogen) atoms. The summed E-state index contributed by atoms with van der Waals surface area (Å²) < 4.78 is 11.6. The zero-order valence-electron chi connectivity index (χ0n) is 20.4. The summed E-state index contributed by atoms with van der Waals surface area (Å²) in [5, 5.41) is 6.71. The van der Waals surface area contributed by atoms with Gasteiger partial charge in [-0.25, -0.2) is 4.98 Å². The van der Waals surface area contributed by atoms with Crippen molar-refractivity contribution >= 4 is 22.7 Å². The van der Waals surface area contributed by atoms with Gasteiger partial charge in [0, 0.05) is 48.7 Å². The highest BCUT2D eigenvalue weighted by atomic mass is 16.5. The molecular weight excluding hydrogens is 456 g/mol. The van der Waals surface area contributed by atoms with Gasteiger partial charge < -0.3 is 25.1 Å². The standard InChI is InChI=1S/C28H30N4O4/c1-3-15-35-22-10-12-23(13-11-22)36-28-20(7-6-14-29-28)17-31-27(34)26(32-19(2)33)16-21-18-30-25-9-5-4-8-24(21)25/h4-14,18,26,30H,3,15-17H2,1-2H3,(H,31,34)(H,32,33). The van der Waals surface area contributed by atoms with Crippen molar-refractivity contribution in [2.24, 2.45) is 0 Å². The number of ether oxygens (including phenoxy) is 2. The lowest BCUT2D eigenvalue weighted by molar-refractivity contribution is -0.128. The second kappa shape index (κ2) is 11.9. The van der Waals surface area contributed by atoms with E-state index in [1.54, 1.807) is 12.3 Å². The predicted octanol–water partition coefficient (Wildman–Crippen LogP) is 4.51. The number of carbonyl (C=O) groups is 2. The lowest BCUT2D eigenvalue weighted by atomic mass is 10.0. The summed E-state index contributed by atoms with van der Waals surface area (Å²) >= 11 is 0. The van der Waals surface area contributed by atoms with Gasteiger partial charge in [-0.05, 0) is 48.4 Å². The van der Waals surface area contributed by atoms with Gasteiger partial charge in [-0.2, -0.15) is 0 Å². The molecule has 3 N–H and O–H groups in total. The lowest BCUT2D eigenvalue weighted by Crippen LogP contribution is -2.47. The van der Waals surface area contributed by atoms with E-state index >= 15 is 0 Å². The van der Waals surface area contributed by atoms with Gasteiger partial charge in [0.2, 0.25) is 17.7 Å². The normalized spacial score (nSPS) is 11.6. The van der Waals surface area contributed by atoms with Crippen LogP contribution in [0.4, 0.5) is 0 Å². The van der Waals surface area contributed by atoms with Gasteiger partial charge in [0.05, 0.1) is 6.61 Å². The molecule has 2 aromatic carbocycles. The highest BCUT2D eigenvalue weighted by Crippen LogP contribution is 2.25. The Hall–Kier alpha value is -4.33. The minimum atomic E-state index is -0.724. The van der Waals surface area contributed by atoms with Crippen LogP contribution in [0.25, 0.3) is 10.9 Å². The van der Waals surface area contributed by atoms with Crippen LogP contribution in [0.5, 0.6) is 17.4 Å². The molecule has 1 unspecified atom stereocenters. The van der Waals surface area contributed by atoms with Crippen LogP contribution in [0.15, 0.2) is 73.1 Å². The van der Waals surface area contributed by atoms with Crippen LogP contribution in [-0.4, -0.2) is 34.4 Å². The third kappa shape index (κ3) is 6.41. The molecule has 0 spiro atoms. The van der Waals surface area contributed by atoms with Crippen LogP contribution < -0.4 is 20.1 Å². The molecule has 0 aliphatic heterocycles. The summed E-state index contributed by atoms with van der Waals surface area (Å²) in [4.78, 5) is 32.5. The maximum absolute atomic E-state index is 13.1. The molecule has 0 aliphatic carbocycles. The van der Waals surface area contributed by atoms with Crippen molar-refractivity contribution in [1.82, 2.24) is 20.6 Å². The Morgan fingerprint density at radius 1 is 1.00 bits per heavy atom. The number of benzene rings is 2. The molecule has 2 heterocycles. The molecule has 0 saturated carbocycles. The Morgan fingerprint density at radius 2 is 1.78 bits per heavy atom. The van der Waals surface area contributed by atoms with E-state index in [4.69, 9.17) is 9.47 Å². The third-order valence-corrected chi connectivity index (χ3v) is 5.61. The Morgan fingerprint density at radius 3 is 2.56 bits per heavy atom. The molecule has 0 aliphatic rings. The van der Waals surface area contributed by atoms with Crippen LogP contribution in [0.3, 0.4) is 0 Å². The first kappa shape index (κ1) is 24.8. The molecule has 0 saturated heterocycles. The van der Waals surface area contributed by atoms with Crippen LogP contribution in [0.1, 0.15) is 31.4 Å². The van der Waals surface area contributed by atoms with Gasteiger partial charge in [0.15, 0.2) is 0 Å². The molecule has 1 atom stereocenters. The summed E-state index contributed by atoms with van der Waals surface area (Å²) in [6.45, 7) is 4.31. The fraction of sp³-hybridized carbons (Fsp3) is 0.250. The van der Waals surface area contributed by atoms with Gasteiger partial charge in [0.25, 0.3) is 0 Å². The molecule has 8 nitrogen and oxygen atoms in total. The summed E-state index contributed by atoms with van der Waals surface area (Å²) in [5.41, 5.74) is 2.65. The van der Waals surface area contributed by atoms with Crippen LogP contribution in [-0.2, 0) is 22.6 Å². The molecule has 0 radical (unpaired) electrons. The molecule has 4 aromatic rings. The van der Waals surface area contributed by atoms with E-state index in [0.717, 1.165) is 28.6 Å². The topological polar surface area (TPSA) is 105 Å². The zero-order valence-corrected chi connectivity index (χ0v) is 20.4. The van der Waals surface area contributed by atoms with Crippen molar-refractivity contribution in [3.63, 3.8) is 0 Å². The zero-order chi connectivity index (χ0) is 25.3. The summed E-state index contributed by atoms with van der Waals surface area (Å²) in [6.07, 6.45) is 4.80. The molecule has 0 bridgehead atoms. The Labute approximate surface area is 210 Å². The molecule has 0 fully saturated rings. The predicted molar refractivity (Wildman–Crippen MR) is 138 cm³/mol. The summed E-state index contributed by atoms with van der Waals surface area (Å²) in [7, 11) is 0. The summed E-state index contributed by atoms with van der Waals surface area (Å²) in [6, 6.07) is 18.1. The monoisotopic (exact) mass is 486 g/mol.